The quantitative estimate of drug-likeness (QED) is 0.874. The summed E-state index contributed by atoms with van der Waals surface area (Å²) in [7, 11) is 0. The Kier molecular flexibility index (Phi) is 3.44. The number of nitrogens with one attached hydrogen (secondary N) is 1. The average molecular weight is 281 g/mol. The highest BCUT2D eigenvalue weighted by Gasteiger charge is 2.14. The van der Waals surface area contributed by atoms with Crippen LogP contribution in [0.1, 0.15) is 18.9 Å². The maximum Gasteiger partial charge on any atom is 0.231 e. The fraction of sp³-hybridized carbons (Fsp3) is 0.250. The molecule has 2 aromatic rings. The zero-order valence-corrected chi connectivity index (χ0v) is 11.1. The van der Waals surface area contributed by atoms with Crippen LogP contribution in [0.4, 0.5) is 5.69 Å². The van der Waals surface area contributed by atoms with Gasteiger partial charge in [-0.3, -0.25) is 9.59 Å². The van der Waals surface area contributed by atoms with Crippen LogP contribution in [0.2, 0.25) is 5.02 Å². The van der Waals surface area contributed by atoms with Crippen LogP contribution in [0.3, 0.4) is 0 Å². The zero-order valence-electron chi connectivity index (χ0n) is 10.4. The van der Waals surface area contributed by atoms with Crippen molar-refractivity contribution in [3.05, 3.63) is 28.2 Å². The molecule has 1 N–H and O–H groups in total. The lowest BCUT2D eigenvalue weighted by molar-refractivity contribution is -0.124. The van der Waals surface area contributed by atoms with Gasteiger partial charge in [0.15, 0.2) is 0 Å². The minimum atomic E-state index is -0.446. The summed E-state index contributed by atoms with van der Waals surface area (Å²) < 4.78 is 0.607. The summed E-state index contributed by atoms with van der Waals surface area (Å²) >= 11 is 6.04. The van der Waals surface area contributed by atoms with Gasteiger partial charge in [0.05, 0.1) is 34.5 Å². The van der Waals surface area contributed by atoms with Gasteiger partial charge in [-0.1, -0.05) is 11.6 Å². The summed E-state index contributed by atoms with van der Waals surface area (Å²) in [6.45, 7) is 3.03. The SMILES string of the molecule is CC(=O)CC(=O)Nc1c(Cl)cc2c(ncn2[O-])c1C. The first-order valence-electron chi connectivity index (χ1n) is 5.53. The molecule has 0 atom stereocenters. The van der Waals surface area contributed by atoms with Gasteiger partial charge < -0.3 is 15.3 Å². The lowest BCUT2D eigenvalue weighted by Gasteiger charge is -2.12. The number of rotatable bonds is 3. The van der Waals surface area contributed by atoms with E-state index in [9.17, 15) is 14.8 Å². The molecule has 0 aliphatic carbocycles. The lowest BCUT2D eigenvalue weighted by Crippen LogP contribution is -2.15. The first-order valence-corrected chi connectivity index (χ1v) is 5.91. The molecule has 7 heteroatoms. The Morgan fingerprint density at radius 3 is 2.84 bits per heavy atom. The number of carbonyl (C=O) groups excluding carboxylic acids is 2. The largest absolute Gasteiger partial charge is 0.805 e. The molecule has 1 amide bonds. The van der Waals surface area contributed by atoms with Crippen LogP contribution < -0.4 is 5.32 Å². The minimum absolute atomic E-state index is 0.218. The third-order valence-corrected chi connectivity index (χ3v) is 2.98. The van der Waals surface area contributed by atoms with Crippen LogP contribution in [0, 0.1) is 12.1 Å². The fourth-order valence-electron chi connectivity index (χ4n) is 1.82. The molecule has 0 aliphatic rings. The monoisotopic (exact) mass is 280 g/mol. The molecule has 1 aromatic heterocycles. The second-order valence-electron chi connectivity index (χ2n) is 4.22. The van der Waals surface area contributed by atoms with Crippen molar-refractivity contribution < 1.29 is 9.59 Å². The standard InChI is InChI=1S/C12H11ClN3O3/c1-6(17)3-10(18)15-11-7(2)12-9(4-8(11)13)16(19)5-14-12/h4-5H,3H2,1-2H3,(H,15,18)/q-1. The van der Waals surface area contributed by atoms with E-state index in [1.54, 1.807) is 6.92 Å². The maximum atomic E-state index is 11.6. The molecule has 1 aromatic carbocycles. The molecule has 0 bridgehead atoms. The highest BCUT2D eigenvalue weighted by molar-refractivity contribution is 6.35. The van der Waals surface area contributed by atoms with Gasteiger partial charge in [0.25, 0.3) is 0 Å². The van der Waals surface area contributed by atoms with Crippen LogP contribution >= 0.6 is 11.6 Å². The molecular formula is C12H11ClN3O3-. The number of benzene rings is 1. The number of ketones is 1. The molecule has 0 saturated carbocycles. The summed E-state index contributed by atoms with van der Waals surface area (Å²) in [6.07, 6.45) is 0.916. The van der Waals surface area contributed by atoms with Crippen molar-refractivity contribution in [2.75, 3.05) is 5.32 Å². The maximum absolute atomic E-state index is 11.6. The molecule has 0 spiro atoms. The number of aromatic nitrogens is 2. The van der Waals surface area contributed by atoms with Crippen molar-refractivity contribution in [2.24, 2.45) is 0 Å². The van der Waals surface area contributed by atoms with Gasteiger partial charge in [-0.25, -0.2) is 4.98 Å². The van der Waals surface area contributed by atoms with Gasteiger partial charge in [-0.05, 0) is 19.9 Å². The van der Waals surface area contributed by atoms with Gasteiger partial charge >= 0.3 is 0 Å². The number of amides is 1. The van der Waals surface area contributed by atoms with Crippen LogP contribution in [0.5, 0.6) is 0 Å². The van der Waals surface area contributed by atoms with E-state index in [-0.39, 0.29) is 17.2 Å². The highest BCUT2D eigenvalue weighted by Crippen LogP contribution is 2.32. The summed E-state index contributed by atoms with van der Waals surface area (Å²) in [5, 5.41) is 14.2. The van der Waals surface area contributed by atoms with Crippen LogP contribution in [0.15, 0.2) is 12.4 Å². The van der Waals surface area contributed by atoms with Gasteiger partial charge in [0.2, 0.25) is 5.91 Å². The van der Waals surface area contributed by atoms with Crippen molar-refractivity contribution >= 4 is 40.0 Å². The summed E-state index contributed by atoms with van der Waals surface area (Å²) in [6, 6.07) is 1.44. The van der Waals surface area contributed by atoms with Gasteiger partial charge in [-0.2, -0.15) is 0 Å². The number of aryl methyl sites for hydroxylation is 1. The predicted molar refractivity (Wildman–Crippen MR) is 72.2 cm³/mol. The number of carbonyl (C=O) groups is 2. The Morgan fingerprint density at radius 1 is 1.53 bits per heavy atom. The number of imidazole rings is 1. The Bertz CT molecular complexity index is 678. The number of anilines is 1. The molecule has 2 rings (SSSR count). The van der Waals surface area contributed by atoms with E-state index in [0.29, 0.717) is 27.0 Å². The van der Waals surface area contributed by atoms with Crippen LogP contribution in [-0.4, -0.2) is 21.4 Å². The molecule has 0 saturated heterocycles. The van der Waals surface area contributed by atoms with E-state index in [0.717, 1.165) is 6.33 Å². The molecule has 1 heterocycles. The molecule has 0 radical (unpaired) electrons. The first kappa shape index (κ1) is 13.4. The third kappa shape index (κ3) is 2.53. The minimum Gasteiger partial charge on any atom is -0.805 e. The number of nitrogens with zero attached hydrogens (tertiary/aromatic N) is 2. The van der Waals surface area contributed by atoms with E-state index in [1.807, 2.05) is 0 Å². The molecule has 100 valence electrons. The normalized spacial score (nSPS) is 10.7. The van der Waals surface area contributed by atoms with Crippen molar-refractivity contribution in [2.45, 2.75) is 20.3 Å². The molecular weight excluding hydrogens is 270 g/mol. The summed E-state index contributed by atoms with van der Waals surface area (Å²) in [4.78, 5) is 26.4. The molecule has 0 unspecified atom stereocenters. The van der Waals surface area contributed by atoms with Gasteiger partial charge in [0, 0.05) is 5.56 Å². The molecule has 19 heavy (non-hydrogen) atoms. The van der Waals surface area contributed by atoms with Crippen molar-refractivity contribution in [3.8, 4) is 0 Å². The smallest absolute Gasteiger partial charge is 0.231 e. The Hall–Kier alpha value is -2.08. The second-order valence-corrected chi connectivity index (χ2v) is 4.63. The topological polar surface area (TPSA) is 87.0 Å². The number of hydrogen-bond acceptors (Lipinski definition) is 4. The predicted octanol–water partition coefficient (Wildman–Crippen LogP) is 2.26. The summed E-state index contributed by atoms with van der Waals surface area (Å²) in [5.74, 6) is -0.686. The van der Waals surface area contributed by atoms with E-state index >= 15 is 0 Å². The van der Waals surface area contributed by atoms with E-state index < -0.39 is 5.91 Å². The summed E-state index contributed by atoms with van der Waals surface area (Å²) in [5.41, 5.74) is 1.78. The van der Waals surface area contributed by atoms with Crippen molar-refractivity contribution in [3.63, 3.8) is 0 Å². The third-order valence-electron chi connectivity index (χ3n) is 2.68. The van der Waals surface area contributed by atoms with Crippen molar-refractivity contribution in [1.82, 2.24) is 9.71 Å². The molecule has 0 aliphatic heterocycles. The fourth-order valence-corrected chi connectivity index (χ4v) is 2.11. The van der Waals surface area contributed by atoms with Crippen LogP contribution in [0.25, 0.3) is 11.0 Å². The molecule has 0 fully saturated rings. The van der Waals surface area contributed by atoms with E-state index in [4.69, 9.17) is 11.6 Å². The second kappa shape index (κ2) is 4.89. The van der Waals surface area contributed by atoms with E-state index in [1.165, 1.54) is 13.0 Å². The number of Topliss-reactive ketones (excluding diaryl/α,β-unsaturated/α-hetero) is 1. The first-order chi connectivity index (χ1) is 8.90. The van der Waals surface area contributed by atoms with Gasteiger partial charge in [-0.15, -0.1) is 0 Å². The van der Waals surface area contributed by atoms with E-state index in [2.05, 4.69) is 10.3 Å². The highest BCUT2D eigenvalue weighted by atomic mass is 35.5. The zero-order chi connectivity index (χ0) is 14.2. The average Bonchev–Trinajstić information content (AvgIpc) is 2.66. The Morgan fingerprint density at radius 2 is 2.21 bits per heavy atom. The Labute approximate surface area is 114 Å². The van der Waals surface area contributed by atoms with Crippen molar-refractivity contribution in [1.29, 1.82) is 0 Å². The Balaban J connectivity index is 2.43. The van der Waals surface area contributed by atoms with Crippen LogP contribution in [-0.2, 0) is 9.59 Å². The lowest BCUT2D eigenvalue weighted by atomic mass is 10.1. The van der Waals surface area contributed by atoms with Gasteiger partial charge in [0.1, 0.15) is 5.78 Å². The number of hydrogen-bond donors (Lipinski definition) is 1. The number of fused-ring (bicyclic) bond motifs is 1. The molecule has 6 nitrogen and oxygen atoms in total. The number of halogens is 1.